The number of aromatic amines is 1. The Hall–Kier alpha value is -1.35. The number of alkyl halides is 1. The largest absolute Gasteiger partial charge is 0.358 e. The molecule has 110 valence electrons. The van der Waals surface area contributed by atoms with Gasteiger partial charge in [0.15, 0.2) is 0 Å². The predicted octanol–water partition coefficient (Wildman–Crippen LogP) is 4.77. The van der Waals surface area contributed by atoms with Gasteiger partial charge in [-0.15, -0.1) is 11.6 Å². The third kappa shape index (κ3) is 4.64. The van der Waals surface area contributed by atoms with E-state index in [1.165, 1.54) is 31.4 Å². The SMILES string of the molecule is CCCCCCl.Cc1[nH]c2ccc(F)cc2c1CC=O. The van der Waals surface area contributed by atoms with Crippen molar-refractivity contribution in [2.45, 2.75) is 39.5 Å². The number of unbranched alkanes of at least 4 members (excludes halogenated alkanes) is 2. The molecule has 0 fully saturated rings. The molecule has 0 aliphatic heterocycles. The van der Waals surface area contributed by atoms with Crippen molar-refractivity contribution < 1.29 is 9.18 Å². The molecule has 0 spiro atoms. The molecule has 4 heteroatoms. The van der Waals surface area contributed by atoms with E-state index in [1.54, 1.807) is 6.07 Å². The van der Waals surface area contributed by atoms with E-state index in [9.17, 15) is 9.18 Å². The van der Waals surface area contributed by atoms with Gasteiger partial charge in [0.05, 0.1) is 0 Å². The molecular formula is C16H21ClFNO. The fourth-order valence-corrected chi connectivity index (χ4v) is 2.23. The molecule has 2 rings (SSSR count). The topological polar surface area (TPSA) is 32.9 Å². The molecule has 1 heterocycles. The number of carbonyl (C=O) groups excluding carboxylic acids is 1. The van der Waals surface area contributed by atoms with E-state index in [1.807, 2.05) is 6.92 Å². The number of aldehydes is 1. The normalized spacial score (nSPS) is 10.2. The van der Waals surface area contributed by atoms with Crippen LogP contribution in [0.2, 0.25) is 0 Å². The lowest BCUT2D eigenvalue weighted by atomic mass is 10.1. The fraction of sp³-hybridized carbons (Fsp3) is 0.438. The highest BCUT2D eigenvalue weighted by Gasteiger charge is 2.07. The zero-order valence-corrected chi connectivity index (χ0v) is 12.8. The van der Waals surface area contributed by atoms with Gasteiger partial charge in [0.1, 0.15) is 12.1 Å². The number of hydrogen-bond donors (Lipinski definition) is 1. The van der Waals surface area contributed by atoms with Crippen molar-refractivity contribution in [1.29, 1.82) is 0 Å². The van der Waals surface area contributed by atoms with Crippen molar-refractivity contribution in [2.75, 3.05) is 5.88 Å². The van der Waals surface area contributed by atoms with Gasteiger partial charge >= 0.3 is 0 Å². The third-order valence-electron chi connectivity index (χ3n) is 3.11. The second kappa shape index (κ2) is 8.75. The van der Waals surface area contributed by atoms with Crippen LogP contribution in [0.15, 0.2) is 18.2 Å². The second-order valence-corrected chi connectivity index (χ2v) is 5.06. The number of fused-ring (bicyclic) bond motifs is 1. The number of carbonyl (C=O) groups is 1. The minimum absolute atomic E-state index is 0.274. The van der Waals surface area contributed by atoms with Crippen LogP contribution in [0, 0.1) is 12.7 Å². The Bertz CT molecular complexity index is 547. The van der Waals surface area contributed by atoms with Gasteiger partial charge in [0, 0.05) is 28.9 Å². The van der Waals surface area contributed by atoms with Gasteiger partial charge in [-0.2, -0.15) is 0 Å². The molecule has 0 aliphatic carbocycles. The highest BCUT2D eigenvalue weighted by molar-refractivity contribution is 6.17. The van der Waals surface area contributed by atoms with Crippen LogP contribution in [-0.2, 0) is 11.2 Å². The van der Waals surface area contributed by atoms with Gasteiger partial charge in [0.2, 0.25) is 0 Å². The number of aryl methyl sites for hydroxylation is 1. The number of benzene rings is 1. The van der Waals surface area contributed by atoms with E-state index in [-0.39, 0.29) is 5.82 Å². The maximum absolute atomic E-state index is 13.0. The van der Waals surface area contributed by atoms with Crippen LogP contribution in [0.1, 0.15) is 37.4 Å². The van der Waals surface area contributed by atoms with E-state index in [4.69, 9.17) is 11.6 Å². The number of hydrogen-bond acceptors (Lipinski definition) is 1. The summed E-state index contributed by atoms with van der Waals surface area (Å²) in [6, 6.07) is 4.55. The highest BCUT2D eigenvalue weighted by atomic mass is 35.5. The van der Waals surface area contributed by atoms with Gasteiger partial charge in [-0.3, -0.25) is 0 Å². The highest BCUT2D eigenvalue weighted by Crippen LogP contribution is 2.22. The van der Waals surface area contributed by atoms with Crippen LogP contribution in [0.3, 0.4) is 0 Å². The quantitative estimate of drug-likeness (QED) is 0.481. The lowest BCUT2D eigenvalue weighted by Crippen LogP contribution is -1.86. The molecule has 1 N–H and O–H groups in total. The minimum atomic E-state index is -0.274. The molecule has 0 atom stereocenters. The van der Waals surface area contributed by atoms with Crippen LogP contribution in [-0.4, -0.2) is 17.2 Å². The molecule has 2 aromatic rings. The van der Waals surface area contributed by atoms with Crippen LogP contribution in [0.5, 0.6) is 0 Å². The van der Waals surface area contributed by atoms with E-state index in [2.05, 4.69) is 11.9 Å². The molecule has 0 saturated heterocycles. The lowest BCUT2D eigenvalue weighted by Gasteiger charge is -1.94. The van der Waals surface area contributed by atoms with Crippen LogP contribution < -0.4 is 0 Å². The number of rotatable bonds is 5. The molecule has 1 aromatic heterocycles. The number of H-pyrrole nitrogens is 1. The Balaban J connectivity index is 0.000000286. The first-order valence-corrected chi connectivity index (χ1v) is 7.43. The molecule has 0 saturated carbocycles. The number of nitrogens with one attached hydrogen (secondary N) is 1. The molecule has 0 amide bonds. The average Bonchev–Trinajstić information content (AvgIpc) is 2.74. The zero-order chi connectivity index (χ0) is 15.0. The summed E-state index contributed by atoms with van der Waals surface area (Å²) in [5.74, 6) is 0.553. The lowest BCUT2D eigenvalue weighted by molar-refractivity contribution is -0.107. The molecule has 0 bridgehead atoms. The summed E-state index contributed by atoms with van der Waals surface area (Å²) in [4.78, 5) is 13.6. The predicted molar refractivity (Wildman–Crippen MR) is 83.0 cm³/mol. The Morgan fingerprint density at radius 3 is 2.65 bits per heavy atom. The van der Waals surface area contributed by atoms with E-state index in [0.717, 1.165) is 34.3 Å². The molecule has 0 radical (unpaired) electrons. The van der Waals surface area contributed by atoms with Crippen molar-refractivity contribution in [2.24, 2.45) is 0 Å². The summed E-state index contributed by atoms with van der Waals surface area (Å²) in [6.07, 6.45) is 4.89. The third-order valence-corrected chi connectivity index (χ3v) is 3.37. The Morgan fingerprint density at radius 1 is 1.35 bits per heavy atom. The van der Waals surface area contributed by atoms with Crippen molar-refractivity contribution in [3.05, 3.63) is 35.3 Å². The van der Waals surface area contributed by atoms with Crippen LogP contribution >= 0.6 is 11.6 Å². The Labute approximate surface area is 124 Å². The van der Waals surface area contributed by atoms with Crippen LogP contribution in [0.25, 0.3) is 10.9 Å². The smallest absolute Gasteiger partial charge is 0.124 e. The molecule has 20 heavy (non-hydrogen) atoms. The summed E-state index contributed by atoms with van der Waals surface area (Å²) in [5, 5.41) is 0.801. The van der Waals surface area contributed by atoms with Crippen molar-refractivity contribution >= 4 is 28.8 Å². The Kier molecular flexibility index (Phi) is 7.31. The first-order valence-electron chi connectivity index (χ1n) is 6.90. The first kappa shape index (κ1) is 16.7. The zero-order valence-electron chi connectivity index (χ0n) is 12.0. The summed E-state index contributed by atoms with van der Waals surface area (Å²) in [6.45, 7) is 4.06. The molecule has 2 nitrogen and oxygen atoms in total. The molecule has 0 aliphatic rings. The standard InChI is InChI=1S/C11H10FNO.C5H11Cl/c1-7-9(4-5-14)10-6-8(12)2-3-11(10)13-7;1-2-3-4-5-6/h2-3,5-6,13H,4H2,1H3;2-5H2,1H3. The van der Waals surface area contributed by atoms with E-state index in [0.29, 0.717) is 6.42 Å². The number of aromatic nitrogens is 1. The monoisotopic (exact) mass is 297 g/mol. The molecule has 1 aromatic carbocycles. The average molecular weight is 298 g/mol. The van der Waals surface area contributed by atoms with Crippen molar-refractivity contribution in [3.63, 3.8) is 0 Å². The molecular weight excluding hydrogens is 277 g/mol. The van der Waals surface area contributed by atoms with Gasteiger partial charge in [-0.25, -0.2) is 4.39 Å². The minimum Gasteiger partial charge on any atom is -0.358 e. The first-order chi connectivity index (χ1) is 9.63. The second-order valence-electron chi connectivity index (χ2n) is 4.69. The van der Waals surface area contributed by atoms with Gasteiger partial charge in [-0.1, -0.05) is 19.8 Å². The van der Waals surface area contributed by atoms with Gasteiger partial charge in [0.25, 0.3) is 0 Å². The van der Waals surface area contributed by atoms with Crippen molar-refractivity contribution in [1.82, 2.24) is 4.98 Å². The van der Waals surface area contributed by atoms with Gasteiger partial charge < -0.3 is 9.78 Å². The maximum atomic E-state index is 13.0. The van der Waals surface area contributed by atoms with Crippen LogP contribution in [0.4, 0.5) is 4.39 Å². The van der Waals surface area contributed by atoms with E-state index >= 15 is 0 Å². The maximum Gasteiger partial charge on any atom is 0.124 e. The Morgan fingerprint density at radius 2 is 2.10 bits per heavy atom. The number of halogens is 2. The van der Waals surface area contributed by atoms with Gasteiger partial charge in [-0.05, 0) is 37.1 Å². The summed E-state index contributed by atoms with van der Waals surface area (Å²) in [5.41, 5.74) is 2.69. The fourth-order valence-electron chi connectivity index (χ4n) is 2.05. The summed E-state index contributed by atoms with van der Waals surface area (Å²) < 4.78 is 13.0. The van der Waals surface area contributed by atoms with Crippen molar-refractivity contribution in [3.8, 4) is 0 Å². The van der Waals surface area contributed by atoms with E-state index < -0.39 is 0 Å². The summed E-state index contributed by atoms with van der Waals surface area (Å²) >= 11 is 5.38. The summed E-state index contributed by atoms with van der Waals surface area (Å²) in [7, 11) is 0. The molecule has 0 unspecified atom stereocenters.